The van der Waals surface area contributed by atoms with Gasteiger partial charge in [-0.05, 0) is 59.1 Å². The van der Waals surface area contributed by atoms with Gasteiger partial charge in [-0.2, -0.15) is 0 Å². The van der Waals surface area contributed by atoms with Crippen LogP contribution in [0, 0.1) is 5.41 Å². The molecule has 0 spiro atoms. The topological polar surface area (TPSA) is 35.6 Å². The summed E-state index contributed by atoms with van der Waals surface area (Å²) in [5.74, 6) is 1.75. The average molecular weight is 591 g/mol. The van der Waals surface area contributed by atoms with E-state index in [0.717, 1.165) is 35.6 Å². The molecule has 226 valence electrons. The second kappa shape index (κ2) is 11.0. The molecule has 0 saturated heterocycles. The van der Waals surface area contributed by atoms with E-state index in [-0.39, 0.29) is 10.8 Å². The molecule has 0 aliphatic heterocycles. The maximum atomic E-state index is 4.65. The highest BCUT2D eigenvalue weighted by Crippen LogP contribution is 2.42. The molecular weight excluding hydrogens is 548 g/mol. The summed E-state index contributed by atoms with van der Waals surface area (Å²) in [5, 5.41) is 10.7. The first-order valence-electron chi connectivity index (χ1n) is 16.1. The summed E-state index contributed by atoms with van der Waals surface area (Å²) in [7, 11) is 0. The highest BCUT2D eigenvalue weighted by molar-refractivity contribution is 5.94. The number of rotatable bonds is 5. The van der Waals surface area contributed by atoms with E-state index >= 15 is 0 Å². The Morgan fingerprint density at radius 1 is 0.644 bits per heavy atom. The Morgan fingerprint density at radius 2 is 1.24 bits per heavy atom. The predicted molar refractivity (Wildman–Crippen MR) is 188 cm³/mol. The minimum Gasteiger partial charge on any atom is -0.313 e. The Balaban J connectivity index is 1.31. The minimum atomic E-state index is 0.0927. The first-order valence-corrected chi connectivity index (χ1v) is 16.1. The maximum Gasteiger partial charge on any atom is 0.164 e. The lowest BCUT2D eigenvalue weighted by Crippen LogP contribution is -2.14. The van der Waals surface area contributed by atoms with Gasteiger partial charge in [0.15, 0.2) is 11.6 Å². The van der Waals surface area contributed by atoms with E-state index < -0.39 is 0 Å². The van der Waals surface area contributed by atoms with Gasteiger partial charge in [0, 0.05) is 33.5 Å². The SMILES string of the molecule is CC(C)(C)C1=Cc2c(n(-c3ccc(Cn4c(-c5ccccc5)nnc4-c4ccccc4)cc3)c3ccc(C(C)(C)C)cc23)CC1. The monoisotopic (exact) mass is 590 g/mol. The summed E-state index contributed by atoms with van der Waals surface area (Å²) in [6, 6.07) is 36.9. The van der Waals surface area contributed by atoms with Gasteiger partial charge in [-0.15, -0.1) is 10.2 Å². The normalized spacial score (nSPS) is 13.6. The highest BCUT2D eigenvalue weighted by atomic mass is 15.3. The zero-order valence-corrected chi connectivity index (χ0v) is 27.3. The van der Waals surface area contributed by atoms with E-state index in [2.05, 4.69) is 158 Å². The van der Waals surface area contributed by atoms with Gasteiger partial charge in [0.2, 0.25) is 0 Å². The third kappa shape index (κ3) is 5.44. The summed E-state index contributed by atoms with van der Waals surface area (Å²) in [4.78, 5) is 0. The second-order valence-corrected chi connectivity index (χ2v) is 14.4. The number of nitrogens with zero attached hydrogens (tertiary/aromatic N) is 4. The van der Waals surface area contributed by atoms with Crippen molar-refractivity contribution < 1.29 is 0 Å². The molecule has 0 saturated carbocycles. The fourth-order valence-corrected chi connectivity index (χ4v) is 6.62. The van der Waals surface area contributed by atoms with Crippen LogP contribution in [0.25, 0.3) is 45.4 Å². The molecule has 45 heavy (non-hydrogen) atoms. The van der Waals surface area contributed by atoms with Gasteiger partial charge < -0.3 is 9.13 Å². The first kappa shape index (κ1) is 29.0. The molecule has 0 unspecified atom stereocenters. The zero-order valence-electron chi connectivity index (χ0n) is 27.3. The van der Waals surface area contributed by atoms with Crippen LogP contribution in [0.15, 0.2) is 109 Å². The van der Waals surface area contributed by atoms with Crippen LogP contribution in [0.2, 0.25) is 0 Å². The number of hydrogen-bond acceptors (Lipinski definition) is 2. The van der Waals surface area contributed by atoms with Crippen LogP contribution in [-0.4, -0.2) is 19.3 Å². The van der Waals surface area contributed by atoms with E-state index in [1.54, 1.807) is 0 Å². The molecule has 0 radical (unpaired) electrons. The van der Waals surface area contributed by atoms with Gasteiger partial charge in [0.05, 0.1) is 12.1 Å². The largest absolute Gasteiger partial charge is 0.313 e. The quantitative estimate of drug-likeness (QED) is 0.200. The molecule has 0 N–H and O–H groups in total. The van der Waals surface area contributed by atoms with Crippen molar-refractivity contribution in [1.82, 2.24) is 19.3 Å². The van der Waals surface area contributed by atoms with E-state index in [9.17, 15) is 0 Å². The molecule has 0 fully saturated rings. The average Bonchev–Trinajstić information content (AvgIpc) is 3.60. The number of aromatic nitrogens is 4. The standard InChI is InChI=1S/C41H42N4/c1-40(2,3)31-19-23-36-34(25-31)35-26-32(41(4,5)6)20-24-37(35)45(36)33-21-17-28(18-22-33)27-44-38(29-13-9-7-10-14-29)42-43-39(44)30-15-11-8-12-16-30/h7-19,21-23,25-26H,20,24,27H2,1-6H3. The molecule has 0 amide bonds. The number of benzene rings is 4. The van der Waals surface area contributed by atoms with Gasteiger partial charge >= 0.3 is 0 Å². The lowest BCUT2D eigenvalue weighted by molar-refractivity contribution is 0.483. The number of hydrogen-bond donors (Lipinski definition) is 0. The second-order valence-electron chi connectivity index (χ2n) is 14.4. The summed E-state index contributed by atoms with van der Waals surface area (Å²) in [5.41, 5.74) is 11.8. The zero-order chi connectivity index (χ0) is 31.3. The predicted octanol–water partition coefficient (Wildman–Crippen LogP) is 10.3. The lowest BCUT2D eigenvalue weighted by atomic mass is 9.79. The van der Waals surface area contributed by atoms with Crippen molar-refractivity contribution in [3.8, 4) is 28.5 Å². The van der Waals surface area contributed by atoms with Crippen molar-refractivity contribution in [2.45, 2.75) is 66.3 Å². The van der Waals surface area contributed by atoms with Crippen LogP contribution in [0.1, 0.15) is 70.3 Å². The highest BCUT2D eigenvalue weighted by Gasteiger charge is 2.27. The van der Waals surface area contributed by atoms with Crippen molar-refractivity contribution in [2.75, 3.05) is 0 Å². The van der Waals surface area contributed by atoms with Gasteiger partial charge in [0.25, 0.3) is 0 Å². The van der Waals surface area contributed by atoms with Crippen LogP contribution in [0.5, 0.6) is 0 Å². The van der Waals surface area contributed by atoms with Crippen molar-refractivity contribution >= 4 is 17.0 Å². The molecule has 0 atom stereocenters. The lowest BCUT2D eigenvalue weighted by Gasteiger charge is -2.27. The molecule has 2 heterocycles. The van der Waals surface area contributed by atoms with Gasteiger partial charge in [-0.1, -0.05) is 132 Å². The fourth-order valence-electron chi connectivity index (χ4n) is 6.62. The molecule has 1 aliphatic carbocycles. The molecule has 2 aromatic heterocycles. The fraction of sp³-hybridized carbons (Fsp3) is 0.268. The molecule has 4 heteroatoms. The molecule has 7 rings (SSSR count). The van der Waals surface area contributed by atoms with Crippen molar-refractivity contribution in [1.29, 1.82) is 0 Å². The summed E-state index contributed by atoms with van der Waals surface area (Å²) in [6.07, 6.45) is 4.62. The van der Waals surface area contributed by atoms with Crippen molar-refractivity contribution in [3.63, 3.8) is 0 Å². The molecule has 4 nitrogen and oxygen atoms in total. The van der Waals surface area contributed by atoms with Crippen LogP contribution in [0.4, 0.5) is 0 Å². The Labute approximate surface area is 267 Å². The van der Waals surface area contributed by atoms with Crippen LogP contribution in [0.3, 0.4) is 0 Å². The number of allylic oxidation sites excluding steroid dienone is 1. The molecule has 0 bridgehead atoms. The van der Waals surface area contributed by atoms with E-state index in [4.69, 9.17) is 0 Å². The summed E-state index contributed by atoms with van der Waals surface area (Å²) in [6.45, 7) is 14.6. The van der Waals surface area contributed by atoms with Crippen molar-refractivity contribution in [2.24, 2.45) is 5.41 Å². The number of fused-ring (bicyclic) bond motifs is 3. The summed E-state index contributed by atoms with van der Waals surface area (Å²) >= 11 is 0. The smallest absolute Gasteiger partial charge is 0.164 e. The van der Waals surface area contributed by atoms with Crippen LogP contribution < -0.4 is 0 Å². The Kier molecular flexibility index (Phi) is 7.12. The molecule has 4 aromatic carbocycles. The molecule has 6 aromatic rings. The van der Waals surface area contributed by atoms with Crippen LogP contribution >= 0.6 is 0 Å². The molecular formula is C41H42N4. The van der Waals surface area contributed by atoms with E-state index in [1.807, 2.05) is 12.1 Å². The third-order valence-electron chi connectivity index (χ3n) is 9.24. The van der Waals surface area contributed by atoms with Gasteiger partial charge in [0.1, 0.15) is 0 Å². The summed E-state index contributed by atoms with van der Waals surface area (Å²) < 4.78 is 4.74. The first-order chi connectivity index (χ1) is 21.6. The Bertz CT molecular complexity index is 1950. The van der Waals surface area contributed by atoms with Gasteiger partial charge in [-0.25, -0.2) is 0 Å². The molecule has 1 aliphatic rings. The third-order valence-corrected chi connectivity index (χ3v) is 9.24. The van der Waals surface area contributed by atoms with Crippen molar-refractivity contribution in [3.05, 3.63) is 131 Å². The minimum absolute atomic E-state index is 0.0927. The maximum absolute atomic E-state index is 4.65. The van der Waals surface area contributed by atoms with E-state index in [1.165, 1.54) is 44.5 Å². The van der Waals surface area contributed by atoms with Gasteiger partial charge in [-0.3, -0.25) is 0 Å². The Morgan fingerprint density at radius 3 is 1.80 bits per heavy atom. The Hall–Kier alpha value is -4.70. The van der Waals surface area contributed by atoms with Crippen LogP contribution in [-0.2, 0) is 18.4 Å². The van der Waals surface area contributed by atoms with E-state index in [0.29, 0.717) is 6.54 Å².